The van der Waals surface area contributed by atoms with Crippen LogP contribution in [0.2, 0.25) is 0 Å². The lowest BCUT2D eigenvalue weighted by atomic mass is 9.81. The summed E-state index contributed by atoms with van der Waals surface area (Å²) in [7, 11) is 0. The number of rotatable bonds is 6. The van der Waals surface area contributed by atoms with E-state index in [1.807, 2.05) is 0 Å². The number of allylic oxidation sites excluding steroid dienone is 1. The van der Waals surface area contributed by atoms with Crippen molar-refractivity contribution in [3.8, 4) is 24.3 Å². The lowest BCUT2D eigenvalue weighted by Gasteiger charge is -2.28. The maximum Gasteiger partial charge on any atom is 0.336 e. The van der Waals surface area contributed by atoms with Crippen LogP contribution >= 0.6 is 0 Å². The van der Waals surface area contributed by atoms with Gasteiger partial charge in [0, 0.05) is 17.3 Å². The number of nitriles is 4. The Morgan fingerprint density at radius 1 is 1.00 bits per heavy atom. The van der Waals surface area contributed by atoms with E-state index in [2.05, 4.69) is 4.99 Å². The summed E-state index contributed by atoms with van der Waals surface area (Å²) in [6, 6.07) is 6.79. The molecule has 0 fully saturated rings. The van der Waals surface area contributed by atoms with Crippen LogP contribution in [0.15, 0.2) is 16.3 Å². The highest BCUT2D eigenvalue weighted by Gasteiger charge is 2.39. The predicted octanol–water partition coefficient (Wildman–Crippen LogP) is 1.40. The molecule has 0 saturated heterocycles. The Kier molecular flexibility index (Phi) is 7.68. The maximum atomic E-state index is 12.4. The average molecular weight is 367 g/mol. The second-order valence-corrected chi connectivity index (χ2v) is 5.87. The van der Waals surface area contributed by atoms with E-state index >= 15 is 0 Å². The summed E-state index contributed by atoms with van der Waals surface area (Å²) < 4.78 is 10.1. The number of nitrogens with zero attached hydrogens (tertiary/aromatic N) is 5. The highest BCUT2D eigenvalue weighted by Crippen LogP contribution is 2.32. The topological polar surface area (TPSA) is 160 Å². The smallest absolute Gasteiger partial charge is 0.336 e. The van der Waals surface area contributed by atoms with Crippen LogP contribution in [-0.2, 0) is 19.1 Å². The lowest BCUT2D eigenvalue weighted by Crippen LogP contribution is -2.37. The van der Waals surface area contributed by atoms with Gasteiger partial charge in [-0.2, -0.15) is 21.0 Å². The molecule has 0 amide bonds. The monoisotopic (exact) mass is 367 g/mol. The molecule has 1 aliphatic rings. The lowest BCUT2D eigenvalue weighted by molar-refractivity contribution is -0.148. The van der Waals surface area contributed by atoms with Gasteiger partial charge in [-0.05, 0) is 13.8 Å². The molecule has 1 rings (SSSR count). The number of carbonyl (C=O) groups is 2. The molecule has 1 aliphatic heterocycles. The van der Waals surface area contributed by atoms with Crippen molar-refractivity contribution in [1.82, 2.24) is 0 Å². The molecule has 0 saturated carbocycles. The third-order valence-corrected chi connectivity index (χ3v) is 4.01. The second kappa shape index (κ2) is 9.70. The van der Waals surface area contributed by atoms with Crippen LogP contribution in [0, 0.1) is 69.0 Å². The number of carbonyl (C=O) groups excluding carboxylic acids is 2. The summed E-state index contributed by atoms with van der Waals surface area (Å²) >= 11 is 0. The normalized spacial score (nSPS) is 18.6. The SMILES string of the molecule is CC1=NC(C)=C(C(=O)OCC(C#N)C#N)C(C)C1C(=O)OCC(C#N)C#N. The molecule has 27 heavy (non-hydrogen) atoms. The first kappa shape index (κ1) is 21.4. The minimum absolute atomic E-state index is 0.147. The Balaban J connectivity index is 2.95. The second-order valence-electron chi connectivity index (χ2n) is 5.87. The molecular weight excluding hydrogens is 350 g/mol. The van der Waals surface area contributed by atoms with E-state index in [1.54, 1.807) is 45.0 Å². The molecule has 0 N–H and O–H groups in total. The molecular formula is C18H17N5O4. The van der Waals surface area contributed by atoms with E-state index in [0.29, 0.717) is 11.4 Å². The molecule has 0 spiro atoms. The van der Waals surface area contributed by atoms with Crippen molar-refractivity contribution in [1.29, 1.82) is 21.0 Å². The number of esters is 2. The molecule has 0 aromatic carbocycles. The fourth-order valence-corrected chi connectivity index (χ4v) is 2.66. The van der Waals surface area contributed by atoms with E-state index in [9.17, 15) is 9.59 Å². The zero-order valence-corrected chi connectivity index (χ0v) is 15.1. The molecule has 9 heteroatoms. The average Bonchev–Trinajstić information content (AvgIpc) is 2.62. The fourth-order valence-electron chi connectivity index (χ4n) is 2.66. The van der Waals surface area contributed by atoms with Crippen LogP contribution in [0.25, 0.3) is 0 Å². The summed E-state index contributed by atoms with van der Waals surface area (Å²) in [6.07, 6.45) is 0. The third kappa shape index (κ3) is 5.14. The van der Waals surface area contributed by atoms with Gasteiger partial charge >= 0.3 is 11.9 Å². The van der Waals surface area contributed by atoms with Crippen LogP contribution in [-0.4, -0.2) is 30.9 Å². The molecule has 0 aromatic heterocycles. The van der Waals surface area contributed by atoms with Gasteiger partial charge in [0.1, 0.15) is 19.1 Å². The Morgan fingerprint density at radius 3 is 1.96 bits per heavy atom. The van der Waals surface area contributed by atoms with Gasteiger partial charge in [-0.1, -0.05) is 6.92 Å². The molecule has 0 aliphatic carbocycles. The first-order valence-electron chi connectivity index (χ1n) is 7.98. The fraction of sp³-hybridized carbons (Fsp3) is 0.500. The van der Waals surface area contributed by atoms with Crippen molar-refractivity contribution in [2.45, 2.75) is 20.8 Å². The van der Waals surface area contributed by atoms with Crippen LogP contribution < -0.4 is 0 Å². The van der Waals surface area contributed by atoms with E-state index in [-0.39, 0.29) is 18.8 Å². The van der Waals surface area contributed by atoms with Crippen LogP contribution in [0.3, 0.4) is 0 Å². The molecule has 138 valence electrons. The van der Waals surface area contributed by atoms with Gasteiger partial charge in [-0.15, -0.1) is 0 Å². The minimum atomic E-state index is -1.09. The standard InChI is InChI=1S/C18H17N5O4/c1-10-15(17(24)26-8-13(4-19)5-20)11(2)23-12(3)16(10)18(25)27-9-14(6-21)7-22/h10,13-15H,8-9H2,1-3H3. The first-order valence-corrected chi connectivity index (χ1v) is 7.98. The van der Waals surface area contributed by atoms with Crippen molar-refractivity contribution >= 4 is 17.7 Å². The van der Waals surface area contributed by atoms with Crippen LogP contribution in [0.4, 0.5) is 0 Å². The Morgan fingerprint density at radius 2 is 1.48 bits per heavy atom. The van der Waals surface area contributed by atoms with E-state index in [1.165, 1.54) is 0 Å². The molecule has 1 heterocycles. The van der Waals surface area contributed by atoms with Crippen molar-refractivity contribution < 1.29 is 19.1 Å². The first-order chi connectivity index (χ1) is 12.8. The Bertz CT molecular complexity index is 819. The largest absolute Gasteiger partial charge is 0.463 e. The maximum absolute atomic E-state index is 12.4. The van der Waals surface area contributed by atoms with Gasteiger partial charge in [0.15, 0.2) is 11.8 Å². The molecule has 2 atom stereocenters. The quantitative estimate of drug-likeness (QED) is 0.636. The van der Waals surface area contributed by atoms with E-state index < -0.39 is 35.6 Å². The minimum Gasteiger partial charge on any atom is -0.463 e. The highest BCUT2D eigenvalue weighted by atomic mass is 16.5. The van der Waals surface area contributed by atoms with Gasteiger partial charge in [0.05, 0.1) is 29.8 Å². The molecule has 2 unspecified atom stereocenters. The van der Waals surface area contributed by atoms with Crippen molar-refractivity contribution in [3.05, 3.63) is 11.3 Å². The van der Waals surface area contributed by atoms with Gasteiger partial charge in [0.2, 0.25) is 0 Å². The van der Waals surface area contributed by atoms with Gasteiger partial charge in [-0.25, -0.2) is 4.79 Å². The highest BCUT2D eigenvalue weighted by molar-refractivity contribution is 6.05. The zero-order chi connectivity index (χ0) is 20.6. The van der Waals surface area contributed by atoms with E-state index in [4.69, 9.17) is 30.5 Å². The molecule has 0 bridgehead atoms. The summed E-state index contributed by atoms with van der Waals surface area (Å²) in [4.78, 5) is 29.0. The van der Waals surface area contributed by atoms with Crippen molar-refractivity contribution in [2.75, 3.05) is 13.2 Å². The number of hydrogen-bond acceptors (Lipinski definition) is 9. The van der Waals surface area contributed by atoms with Gasteiger partial charge < -0.3 is 9.47 Å². The molecule has 9 nitrogen and oxygen atoms in total. The Hall–Kier alpha value is -3.69. The van der Waals surface area contributed by atoms with Crippen LogP contribution in [0.1, 0.15) is 20.8 Å². The summed E-state index contributed by atoms with van der Waals surface area (Å²) in [6.45, 7) is 4.06. The predicted molar refractivity (Wildman–Crippen MR) is 89.8 cm³/mol. The van der Waals surface area contributed by atoms with E-state index in [0.717, 1.165) is 0 Å². The van der Waals surface area contributed by atoms with Gasteiger partial charge in [-0.3, -0.25) is 9.79 Å². The van der Waals surface area contributed by atoms with Gasteiger partial charge in [0.25, 0.3) is 0 Å². The number of hydrogen-bond donors (Lipinski definition) is 0. The molecule has 0 radical (unpaired) electrons. The summed E-state index contributed by atoms with van der Waals surface area (Å²) in [5.41, 5.74) is 0.944. The Labute approximate surface area is 156 Å². The molecule has 0 aromatic rings. The van der Waals surface area contributed by atoms with Crippen LogP contribution in [0.5, 0.6) is 0 Å². The van der Waals surface area contributed by atoms with Crippen molar-refractivity contribution in [3.63, 3.8) is 0 Å². The number of aliphatic imine (C=N–C) groups is 1. The van der Waals surface area contributed by atoms with Crippen molar-refractivity contribution in [2.24, 2.45) is 28.7 Å². The summed E-state index contributed by atoms with van der Waals surface area (Å²) in [5.74, 6) is -5.15. The third-order valence-electron chi connectivity index (χ3n) is 4.01. The zero-order valence-electron chi connectivity index (χ0n) is 15.1. The number of ether oxygens (including phenoxy) is 2. The summed E-state index contributed by atoms with van der Waals surface area (Å²) in [5, 5.41) is 35.0.